The van der Waals surface area contributed by atoms with Gasteiger partial charge in [0.15, 0.2) is 6.61 Å². The van der Waals surface area contributed by atoms with E-state index in [-0.39, 0.29) is 12.5 Å². The molecule has 0 aliphatic heterocycles. The fourth-order valence-electron chi connectivity index (χ4n) is 1.60. The van der Waals surface area contributed by atoms with Crippen molar-refractivity contribution in [2.75, 3.05) is 6.61 Å². The van der Waals surface area contributed by atoms with Crippen LogP contribution < -0.4 is 10.2 Å². The summed E-state index contributed by atoms with van der Waals surface area (Å²) < 4.78 is 5.32. The van der Waals surface area contributed by atoms with E-state index in [1.165, 1.54) is 0 Å². The predicted molar refractivity (Wildman–Crippen MR) is 83.7 cm³/mol. The second-order valence-electron chi connectivity index (χ2n) is 4.34. The summed E-state index contributed by atoms with van der Waals surface area (Å²) in [4.78, 5) is 11.6. The number of hydrogen-bond donors (Lipinski definition) is 1. The van der Waals surface area contributed by atoms with Gasteiger partial charge in [-0.05, 0) is 36.8 Å². The molecule has 0 fully saturated rings. The first-order valence-electron chi connectivity index (χ1n) is 6.42. The third kappa shape index (κ3) is 4.93. The number of nitrogens with one attached hydrogen (secondary N) is 1. The molecular weight excluding hydrogens is 288 g/mol. The number of hydrogen-bond acceptors (Lipinski definition) is 3. The summed E-state index contributed by atoms with van der Waals surface area (Å²) in [7, 11) is 0. The normalized spacial score (nSPS) is 11.0. The number of ether oxygens (including phenoxy) is 1. The summed E-state index contributed by atoms with van der Waals surface area (Å²) in [6, 6.07) is 16.4. The van der Waals surface area contributed by atoms with Crippen LogP contribution in [0.1, 0.15) is 12.5 Å². The zero-order valence-electron chi connectivity index (χ0n) is 11.5. The zero-order chi connectivity index (χ0) is 15.1. The van der Waals surface area contributed by atoms with E-state index in [0.29, 0.717) is 16.5 Å². The van der Waals surface area contributed by atoms with Gasteiger partial charge in [-0.2, -0.15) is 5.10 Å². The van der Waals surface area contributed by atoms with Crippen molar-refractivity contribution in [1.82, 2.24) is 5.43 Å². The summed E-state index contributed by atoms with van der Waals surface area (Å²) in [5.74, 6) is 0.332. The Balaban J connectivity index is 1.85. The molecule has 0 heterocycles. The number of halogens is 1. The number of nitrogens with zero attached hydrogens (tertiary/aromatic N) is 1. The van der Waals surface area contributed by atoms with Crippen molar-refractivity contribution < 1.29 is 9.53 Å². The van der Waals surface area contributed by atoms with Gasteiger partial charge in [-0.3, -0.25) is 4.79 Å². The maximum Gasteiger partial charge on any atom is 0.277 e. The minimum Gasteiger partial charge on any atom is -0.484 e. The predicted octanol–water partition coefficient (Wildman–Crippen LogP) is 3.26. The first-order valence-corrected chi connectivity index (χ1v) is 6.80. The van der Waals surface area contributed by atoms with Crippen molar-refractivity contribution in [1.29, 1.82) is 0 Å². The Labute approximate surface area is 128 Å². The fraction of sp³-hybridized carbons (Fsp3) is 0.125. The number of para-hydroxylation sites is 1. The number of benzene rings is 2. The molecule has 0 saturated heterocycles. The molecule has 5 heteroatoms. The van der Waals surface area contributed by atoms with Gasteiger partial charge in [0.1, 0.15) is 5.75 Å². The zero-order valence-corrected chi connectivity index (χ0v) is 12.3. The Morgan fingerprint density at radius 3 is 2.48 bits per heavy atom. The van der Waals surface area contributed by atoms with Gasteiger partial charge in [-0.15, -0.1) is 0 Å². The summed E-state index contributed by atoms with van der Waals surface area (Å²) in [5.41, 5.74) is 4.04. The Morgan fingerprint density at radius 1 is 1.14 bits per heavy atom. The number of carbonyl (C=O) groups excluding carboxylic acids is 1. The fourth-order valence-corrected chi connectivity index (χ4v) is 1.73. The molecule has 0 radical (unpaired) electrons. The molecule has 21 heavy (non-hydrogen) atoms. The van der Waals surface area contributed by atoms with E-state index in [1.54, 1.807) is 24.3 Å². The molecule has 0 aromatic heterocycles. The largest absolute Gasteiger partial charge is 0.484 e. The molecule has 0 atom stereocenters. The van der Waals surface area contributed by atoms with E-state index in [9.17, 15) is 4.79 Å². The lowest BCUT2D eigenvalue weighted by Gasteiger charge is -2.05. The van der Waals surface area contributed by atoms with Crippen molar-refractivity contribution in [3.63, 3.8) is 0 Å². The lowest BCUT2D eigenvalue weighted by atomic mass is 10.1. The van der Waals surface area contributed by atoms with Crippen molar-refractivity contribution in [2.24, 2.45) is 5.10 Å². The maximum absolute atomic E-state index is 11.6. The highest BCUT2D eigenvalue weighted by atomic mass is 35.5. The van der Waals surface area contributed by atoms with E-state index in [0.717, 1.165) is 5.56 Å². The third-order valence-electron chi connectivity index (χ3n) is 2.72. The molecule has 0 aliphatic rings. The van der Waals surface area contributed by atoms with E-state index in [1.807, 2.05) is 37.3 Å². The molecule has 0 bridgehead atoms. The molecule has 2 rings (SSSR count). The van der Waals surface area contributed by atoms with Gasteiger partial charge in [0.05, 0.1) is 5.71 Å². The molecule has 108 valence electrons. The van der Waals surface area contributed by atoms with Crippen molar-refractivity contribution in [3.05, 3.63) is 65.2 Å². The van der Waals surface area contributed by atoms with Crippen LogP contribution in [0.25, 0.3) is 0 Å². The second-order valence-corrected chi connectivity index (χ2v) is 4.78. The van der Waals surface area contributed by atoms with Crippen LogP contribution in [0.3, 0.4) is 0 Å². The summed E-state index contributed by atoms with van der Waals surface area (Å²) >= 11 is 5.82. The molecule has 0 unspecified atom stereocenters. The summed E-state index contributed by atoms with van der Waals surface area (Å²) in [5, 5.41) is 4.69. The van der Waals surface area contributed by atoms with Gasteiger partial charge in [0.25, 0.3) is 5.91 Å². The average Bonchev–Trinajstić information content (AvgIpc) is 2.52. The molecule has 2 aromatic rings. The number of rotatable bonds is 5. The minimum absolute atomic E-state index is 0.0819. The lowest BCUT2D eigenvalue weighted by Crippen LogP contribution is -2.25. The molecule has 1 amide bonds. The van der Waals surface area contributed by atoms with Gasteiger partial charge in [0.2, 0.25) is 0 Å². The van der Waals surface area contributed by atoms with Crippen molar-refractivity contribution in [3.8, 4) is 5.75 Å². The molecule has 2 aromatic carbocycles. The van der Waals surface area contributed by atoms with Crippen molar-refractivity contribution in [2.45, 2.75) is 6.92 Å². The first kappa shape index (κ1) is 15.1. The van der Waals surface area contributed by atoms with Gasteiger partial charge >= 0.3 is 0 Å². The molecule has 4 nitrogen and oxygen atoms in total. The van der Waals surface area contributed by atoms with Gasteiger partial charge in [-0.1, -0.05) is 41.9 Å². The highest BCUT2D eigenvalue weighted by Gasteiger charge is 2.02. The van der Waals surface area contributed by atoms with Crippen LogP contribution >= 0.6 is 11.6 Å². The van der Waals surface area contributed by atoms with E-state index in [4.69, 9.17) is 16.3 Å². The Morgan fingerprint density at radius 2 is 1.81 bits per heavy atom. The van der Waals surface area contributed by atoms with Gasteiger partial charge in [-0.25, -0.2) is 5.43 Å². The van der Waals surface area contributed by atoms with E-state index in [2.05, 4.69) is 10.5 Å². The SMILES string of the molecule is CC(=NNC(=O)COc1ccccc1)c1ccc(Cl)cc1. The standard InChI is InChI=1S/C16H15ClN2O2/c1-12(13-7-9-14(17)10-8-13)18-19-16(20)11-21-15-5-3-2-4-6-15/h2-10H,11H2,1H3,(H,19,20). The van der Waals surface area contributed by atoms with Gasteiger partial charge in [0, 0.05) is 5.02 Å². The third-order valence-corrected chi connectivity index (χ3v) is 2.98. The van der Waals surface area contributed by atoms with E-state index >= 15 is 0 Å². The van der Waals surface area contributed by atoms with Crippen molar-refractivity contribution >= 4 is 23.2 Å². The van der Waals surface area contributed by atoms with Crippen LogP contribution in [0.5, 0.6) is 5.75 Å². The molecule has 0 aliphatic carbocycles. The lowest BCUT2D eigenvalue weighted by molar-refractivity contribution is -0.123. The van der Waals surface area contributed by atoms with Crippen LogP contribution in [0, 0.1) is 0 Å². The Bertz CT molecular complexity index is 624. The minimum atomic E-state index is -0.313. The van der Waals surface area contributed by atoms with Crippen LogP contribution in [0.4, 0.5) is 0 Å². The van der Waals surface area contributed by atoms with Crippen LogP contribution in [-0.2, 0) is 4.79 Å². The second kappa shape index (κ2) is 7.45. The smallest absolute Gasteiger partial charge is 0.277 e. The summed E-state index contributed by atoms with van der Waals surface area (Å²) in [6.45, 7) is 1.73. The average molecular weight is 303 g/mol. The summed E-state index contributed by atoms with van der Waals surface area (Å²) in [6.07, 6.45) is 0. The number of hydrazone groups is 1. The van der Waals surface area contributed by atoms with Gasteiger partial charge < -0.3 is 4.74 Å². The monoisotopic (exact) mass is 302 g/mol. The molecule has 0 saturated carbocycles. The number of carbonyl (C=O) groups is 1. The molecule has 0 spiro atoms. The Hall–Kier alpha value is -2.33. The quantitative estimate of drug-likeness (QED) is 0.681. The molecular formula is C16H15ClN2O2. The Kier molecular flexibility index (Phi) is 5.35. The highest BCUT2D eigenvalue weighted by molar-refractivity contribution is 6.30. The number of amides is 1. The highest BCUT2D eigenvalue weighted by Crippen LogP contribution is 2.10. The van der Waals surface area contributed by atoms with Crippen LogP contribution in [0.15, 0.2) is 59.7 Å². The van der Waals surface area contributed by atoms with Crippen LogP contribution in [-0.4, -0.2) is 18.2 Å². The first-order chi connectivity index (χ1) is 10.1. The molecule has 1 N–H and O–H groups in total. The maximum atomic E-state index is 11.6. The van der Waals surface area contributed by atoms with E-state index < -0.39 is 0 Å². The topological polar surface area (TPSA) is 50.7 Å². The van der Waals surface area contributed by atoms with Crippen LogP contribution in [0.2, 0.25) is 5.02 Å².